The molecule has 7 heteroatoms. The van der Waals surface area contributed by atoms with Crippen LogP contribution >= 0.6 is 11.6 Å². The van der Waals surface area contributed by atoms with Crippen LogP contribution in [0.5, 0.6) is 17.2 Å². The standard InChI is InChI=1S/C22H17ClN2O4/c23-19-7-2-1-5-17(19)13-27-18-6-3-4-15(10-18)12-24-25-22(26)16-8-9-20-21(11-16)29-14-28-20/h1-12H,13-14H2,(H,25,26)/b24-12-. The monoisotopic (exact) mass is 408 g/mol. The van der Waals surface area contributed by atoms with E-state index >= 15 is 0 Å². The van der Waals surface area contributed by atoms with Crippen LogP contribution in [0.1, 0.15) is 21.5 Å². The molecule has 0 atom stereocenters. The van der Waals surface area contributed by atoms with Crippen LogP contribution in [-0.4, -0.2) is 18.9 Å². The summed E-state index contributed by atoms with van der Waals surface area (Å²) >= 11 is 6.15. The number of nitrogens with one attached hydrogen (secondary N) is 1. The number of carbonyl (C=O) groups is 1. The van der Waals surface area contributed by atoms with Crippen molar-refractivity contribution in [3.8, 4) is 17.2 Å². The Bertz CT molecular complexity index is 1070. The van der Waals surface area contributed by atoms with Crippen LogP contribution in [0.3, 0.4) is 0 Å². The van der Waals surface area contributed by atoms with Gasteiger partial charge in [0.05, 0.1) is 6.21 Å². The van der Waals surface area contributed by atoms with Crippen LogP contribution < -0.4 is 19.6 Å². The minimum Gasteiger partial charge on any atom is -0.489 e. The number of rotatable bonds is 6. The van der Waals surface area contributed by atoms with Gasteiger partial charge in [-0.05, 0) is 42.0 Å². The molecule has 146 valence electrons. The summed E-state index contributed by atoms with van der Waals surface area (Å²) in [4.78, 5) is 12.2. The maximum atomic E-state index is 12.2. The van der Waals surface area contributed by atoms with Crippen molar-refractivity contribution >= 4 is 23.7 Å². The van der Waals surface area contributed by atoms with Crippen LogP contribution in [0.25, 0.3) is 0 Å². The average molecular weight is 409 g/mol. The number of benzene rings is 3. The maximum absolute atomic E-state index is 12.2. The van der Waals surface area contributed by atoms with Gasteiger partial charge in [-0.2, -0.15) is 5.10 Å². The first-order valence-electron chi connectivity index (χ1n) is 8.88. The summed E-state index contributed by atoms with van der Waals surface area (Å²) in [5.74, 6) is 1.50. The molecule has 0 radical (unpaired) electrons. The normalized spacial score (nSPS) is 12.2. The number of hydrogen-bond donors (Lipinski definition) is 1. The first-order valence-corrected chi connectivity index (χ1v) is 9.26. The number of carbonyl (C=O) groups excluding carboxylic acids is 1. The lowest BCUT2D eigenvalue weighted by Gasteiger charge is -2.08. The van der Waals surface area contributed by atoms with Gasteiger partial charge in [0.25, 0.3) is 5.91 Å². The molecule has 0 unspecified atom stereocenters. The second-order valence-corrected chi connectivity index (χ2v) is 6.63. The van der Waals surface area contributed by atoms with E-state index in [2.05, 4.69) is 10.5 Å². The predicted molar refractivity (Wildman–Crippen MR) is 110 cm³/mol. The van der Waals surface area contributed by atoms with E-state index in [9.17, 15) is 4.79 Å². The summed E-state index contributed by atoms with van der Waals surface area (Å²) in [5, 5.41) is 4.68. The predicted octanol–water partition coefficient (Wildman–Crippen LogP) is 4.41. The van der Waals surface area contributed by atoms with E-state index < -0.39 is 0 Å². The summed E-state index contributed by atoms with van der Waals surface area (Å²) in [6, 6.07) is 19.9. The highest BCUT2D eigenvalue weighted by atomic mass is 35.5. The number of ether oxygens (including phenoxy) is 3. The number of amides is 1. The van der Waals surface area contributed by atoms with E-state index in [0.717, 1.165) is 11.1 Å². The van der Waals surface area contributed by atoms with Gasteiger partial charge in [-0.3, -0.25) is 4.79 Å². The third kappa shape index (κ3) is 4.67. The molecule has 3 aromatic rings. The van der Waals surface area contributed by atoms with Gasteiger partial charge in [0, 0.05) is 16.1 Å². The van der Waals surface area contributed by atoms with Gasteiger partial charge in [-0.1, -0.05) is 41.9 Å². The smallest absolute Gasteiger partial charge is 0.271 e. The summed E-state index contributed by atoms with van der Waals surface area (Å²) < 4.78 is 16.3. The number of nitrogens with zero attached hydrogens (tertiary/aromatic N) is 1. The number of fused-ring (bicyclic) bond motifs is 1. The van der Waals surface area contributed by atoms with Gasteiger partial charge in [0.2, 0.25) is 6.79 Å². The first-order chi connectivity index (χ1) is 14.2. The number of halogens is 1. The van der Waals surface area contributed by atoms with E-state index in [1.165, 1.54) is 0 Å². The molecule has 1 aliphatic rings. The van der Waals surface area contributed by atoms with Crippen molar-refractivity contribution in [2.75, 3.05) is 6.79 Å². The first kappa shape index (κ1) is 18.8. The fraction of sp³-hybridized carbons (Fsp3) is 0.0909. The largest absolute Gasteiger partial charge is 0.489 e. The SMILES string of the molecule is O=C(N/N=C\c1cccc(OCc2ccccc2Cl)c1)c1ccc2c(c1)OCO2. The molecule has 0 bridgehead atoms. The van der Waals surface area contributed by atoms with Crippen LogP contribution in [0.2, 0.25) is 5.02 Å². The van der Waals surface area contributed by atoms with Gasteiger partial charge in [0.15, 0.2) is 11.5 Å². The van der Waals surface area contributed by atoms with Gasteiger partial charge < -0.3 is 14.2 Å². The molecule has 4 rings (SSSR count). The molecule has 6 nitrogen and oxygen atoms in total. The molecule has 1 heterocycles. The lowest BCUT2D eigenvalue weighted by Crippen LogP contribution is -2.17. The van der Waals surface area contributed by atoms with E-state index in [4.69, 9.17) is 25.8 Å². The van der Waals surface area contributed by atoms with Crippen LogP contribution in [0.4, 0.5) is 0 Å². The summed E-state index contributed by atoms with van der Waals surface area (Å²) in [6.45, 7) is 0.522. The van der Waals surface area contributed by atoms with Gasteiger partial charge in [-0.25, -0.2) is 5.43 Å². The van der Waals surface area contributed by atoms with E-state index in [-0.39, 0.29) is 12.7 Å². The average Bonchev–Trinajstić information content (AvgIpc) is 3.21. The number of hydrazone groups is 1. The molecular weight excluding hydrogens is 392 g/mol. The van der Waals surface area contributed by atoms with Crippen molar-refractivity contribution in [2.24, 2.45) is 5.10 Å². The quantitative estimate of drug-likeness (QED) is 0.484. The van der Waals surface area contributed by atoms with Crippen molar-refractivity contribution in [1.82, 2.24) is 5.43 Å². The van der Waals surface area contributed by atoms with Crippen molar-refractivity contribution < 1.29 is 19.0 Å². The lowest BCUT2D eigenvalue weighted by molar-refractivity contribution is 0.0954. The van der Waals surface area contributed by atoms with Crippen molar-refractivity contribution in [1.29, 1.82) is 0 Å². The molecule has 3 aromatic carbocycles. The second-order valence-electron chi connectivity index (χ2n) is 6.22. The Labute approximate surface area is 172 Å². The van der Waals surface area contributed by atoms with Crippen molar-refractivity contribution in [2.45, 2.75) is 6.61 Å². The molecule has 0 aromatic heterocycles. The maximum Gasteiger partial charge on any atom is 0.271 e. The minimum absolute atomic E-state index is 0.160. The lowest BCUT2D eigenvalue weighted by atomic mass is 10.2. The third-order valence-electron chi connectivity index (χ3n) is 4.22. The van der Waals surface area contributed by atoms with Gasteiger partial charge >= 0.3 is 0 Å². The van der Waals surface area contributed by atoms with Gasteiger partial charge in [0.1, 0.15) is 12.4 Å². The Morgan fingerprint density at radius 2 is 1.93 bits per heavy atom. The highest BCUT2D eigenvalue weighted by molar-refractivity contribution is 6.31. The molecule has 1 aliphatic heterocycles. The highest BCUT2D eigenvalue weighted by Gasteiger charge is 2.15. The molecule has 0 spiro atoms. The van der Waals surface area contributed by atoms with E-state index in [0.29, 0.717) is 34.4 Å². The zero-order valence-electron chi connectivity index (χ0n) is 15.3. The molecular formula is C22H17ClN2O4. The topological polar surface area (TPSA) is 69.2 Å². The fourth-order valence-corrected chi connectivity index (χ4v) is 2.92. The van der Waals surface area contributed by atoms with E-state index in [1.54, 1.807) is 24.4 Å². The van der Waals surface area contributed by atoms with Crippen LogP contribution in [-0.2, 0) is 6.61 Å². The summed E-state index contributed by atoms with van der Waals surface area (Å²) in [5.41, 5.74) is 4.62. The highest BCUT2D eigenvalue weighted by Crippen LogP contribution is 2.32. The molecule has 0 aliphatic carbocycles. The molecule has 1 amide bonds. The van der Waals surface area contributed by atoms with Gasteiger partial charge in [-0.15, -0.1) is 0 Å². The molecule has 0 fully saturated rings. The minimum atomic E-state index is -0.342. The Balaban J connectivity index is 1.35. The summed E-state index contributed by atoms with van der Waals surface area (Å²) in [7, 11) is 0. The zero-order valence-corrected chi connectivity index (χ0v) is 16.1. The Morgan fingerprint density at radius 1 is 1.07 bits per heavy atom. The van der Waals surface area contributed by atoms with Crippen LogP contribution in [0, 0.1) is 0 Å². The Hall–Kier alpha value is -3.51. The summed E-state index contributed by atoms with van der Waals surface area (Å²) in [6.07, 6.45) is 1.55. The Morgan fingerprint density at radius 3 is 2.83 bits per heavy atom. The van der Waals surface area contributed by atoms with Crippen molar-refractivity contribution in [3.63, 3.8) is 0 Å². The number of hydrogen-bond acceptors (Lipinski definition) is 5. The second kappa shape index (κ2) is 8.67. The molecule has 0 saturated carbocycles. The molecule has 0 saturated heterocycles. The molecule has 1 N–H and O–H groups in total. The Kier molecular flexibility index (Phi) is 5.63. The fourth-order valence-electron chi connectivity index (χ4n) is 2.73. The van der Waals surface area contributed by atoms with Crippen molar-refractivity contribution in [3.05, 3.63) is 88.4 Å². The zero-order chi connectivity index (χ0) is 20.1. The van der Waals surface area contributed by atoms with E-state index in [1.807, 2.05) is 48.5 Å². The third-order valence-corrected chi connectivity index (χ3v) is 4.59. The molecule has 29 heavy (non-hydrogen) atoms. The van der Waals surface area contributed by atoms with Crippen LogP contribution in [0.15, 0.2) is 71.8 Å².